The van der Waals surface area contributed by atoms with Crippen LogP contribution in [0.25, 0.3) is 0 Å². The lowest BCUT2D eigenvalue weighted by Crippen LogP contribution is -2.12. The number of aromatic nitrogens is 2. The Morgan fingerprint density at radius 3 is 2.94 bits per heavy atom. The van der Waals surface area contributed by atoms with Crippen molar-refractivity contribution in [2.45, 2.75) is 11.8 Å². The first-order valence-electron chi connectivity index (χ1n) is 4.69. The van der Waals surface area contributed by atoms with E-state index in [0.29, 0.717) is 16.3 Å². The first-order chi connectivity index (χ1) is 8.19. The summed E-state index contributed by atoms with van der Waals surface area (Å²) in [7, 11) is 0. The van der Waals surface area contributed by atoms with Gasteiger partial charge in [-0.15, -0.1) is 5.10 Å². The van der Waals surface area contributed by atoms with Crippen molar-refractivity contribution < 1.29 is 13.1 Å². The van der Waals surface area contributed by atoms with Crippen molar-refractivity contribution in [1.29, 1.82) is 0 Å². The van der Waals surface area contributed by atoms with Gasteiger partial charge in [0.25, 0.3) is 5.91 Å². The third kappa shape index (κ3) is 2.82. The molecule has 0 spiro atoms. The molecule has 5 nitrogen and oxygen atoms in total. The largest absolute Gasteiger partial charge is 0.408 e. The maximum atomic E-state index is 12.3. The van der Waals surface area contributed by atoms with Gasteiger partial charge in [-0.05, 0) is 18.2 Å². The summed E-state index contributed by atoms with van der Waals surface area (Å²) in [4.78, 5) is 12.1. The second-order valence-corrected chi connectivity index (χ2v) is 3.81. The fourth-order valence-corrected chi connectivity index (χ4v) is 1.50. The highest BCUT2D eigenvalue weighted by Gasteiger charge is 2.10. The van der Waals surface area contributed by atoms with Crippen LogP contribution in [-0.2, 0) is 0 Å². The molecule has 1 aromatic heterocycles. The van der Waals surface area contributed by atoms with Gasteiger partial charge in [0, 0.05) is 17.4 Å². The van der Waals surface area contributed by atoms with Gasteiger partial charge in [0.15, 0.2) is 0 Å². The van der Waals surface area contributed by atoms with E-state index in [9.17, 15) is 8.68 Å². The van der Waals surface area contributed by atoms with E-state index in [1.807, 2.05) is 0 Å². The van der Waals surface area contributed by atoms with E-state index >= 15 is 0 Å². The van der Waals surface area contributed by atoms with Gasteiger partial charge in [0.2, 0.25) is 5.89 Å². The Morgan fingerprint density at radius 2 is 2.29 bits per heavy atom. The summed E-state index contributed by atoms with van der Waals surface area (Å²) in [6.45, 7) is 1.61. The minimum Gasteiger partial charge on any atom is -0.408 e. The lowest BCUT2D eigenvalue weighted by Gasteiger charge is -2.01. The Kier molecular flexibility index (Phi) is 3.38. The third-order valence-corrected chi connectivity index (χ3v) is 2.36. The van der Waals surface area contributed by atoms with E-state index in [0.717, 1.165) is 0 Å². The van der Waals surface area contributed by atoms with Crippen LogP contribution in [0.4, 0.5) is 9.90 Å². The van der Waals surface area contributed by atoms with E-state index in [2.05, 4.69) is 15.5 Å². The molecule has 1 heterocycles. The van der Waals surface area contributed by atoms with Crippen LogP contribution < -0.4 is 5.32 Å². The van der Waals surface area contributed by atoms with Crippen LogP contribution in [0.2, 0.25) is 0 Å². The van der Waals surface area contributed by atoms with Crippen LogP contribution in [-0.4, -0.2) is 16.1 Å². The molecule has 0 aliphatic carbocycles. The molecule has 2 rings (SSSR count). The van der Waals surface area contributed by atoms with Gasteiger partial charge < -0.3 is 4.42 Å². The highest BCUT2D eigenvalue weighted by Crippen LogP contribution is 2.20. The zero-order chi connectivity index (χ0) is 12.3. The van der Waals surface area contributed by atoms with Gasteiger partial charge in [-0.2, -0.15) is 3.89 Å². The molecule has 0 unspecified atom stereocenters. The number of carbonyl (C=O) groups is 1. The number of nitrogens with zero attached hydrogens (tertiary/aromatic N) is 2. The van der Waals surface area contributed by atoms with Gasteiger partial charge in [-0.3, -0.25) is 10.1 Å². The van der Waals surface area contributed by atoms with Crippen molar-refractivity contribution in [3.8, 4) is 0 Å². The summed E-state index contributed by atoms with van der Waals surface area (Å²) in [6, 6.07) is 6.18. The highest BCUT2D eigenvalue weighted by atomic mass is 32.2. The summed E-state index contributed by atoms with van der Waals surface area (Å²) in [5, 5.41) is 9.62. The Morgan fingerprint density at radius 1 is 1.47 bits per heavy atom. The molecule has 0 aliphatic rings. The molecule has 88 valence electrons. The topological polar surface area (TPSA) is 68.0 Å². The Balaban J connectivity index is 2.14. The van der Waals surface area contributed by atoms with Crippen LogP contribution in [0.1, 0.15) is 16.2 Å². The molecule has 0 aliphatic heterocycles. The zero-order valence-corrected chi connectivity index (χ0v) is 9.62. The highest BCUT2D eigenvalue weighted by molar-refractivity contribution is 7.94. The quantitative estimate of drug-likeness (QED) is 0.910. The third-order valence-electron chi connectivity index (χ3n) is 1.93. The van der Waals surface area contributed by atoms with Crippen LogP contribution >= 0.6 is 12.1 Å². The predicted molar refractivity (Wildman–Crippen MR) is 60.4 cm³/mol. The van der Waals surface area contributed by atoms with Crippen LogP contribution in [0.3, 0.4) is 0 Å². The van der Waals surface area contributed by atoms with Crippen molar-refractivity contribution in [2.75, 3.05) is 5.32 Å². The molecule has 0 bridgehead atoms. The van der Waals surface area contributed by atoms with Crippen molar-refractivity contribution in [2.24, 2.45) is 0 Å². The maximum absolute atomic E-state index is 12.3. The molecule has 0 radical (unpaired) electrons. The van der Waals surface area contributed by atoms with Gasteiger partial charge in [-0.1, -0.05) is 11.2 Å². The normalized spacial score (nSPS) is 10.2. The van der Waals surface area contributed by atoms with E-state index in [-0.39, 0.29) is 18.2 Å². The summed E-state index contributed by atoms with van der Waals surface area (Å²) in [6.07, 6.45) is 0. The van der Waals surface area contributed by atoms with Crippen LogP contribution in [0.5, 0.6) is 0 Å². The molecule has 0 saturated carbocycles. The number of halogens is 1. The minimum absolute atomic E-state index is 0.0193. The summed E-state index contributed by atoms with van der Waals surface area (Å²) < 4.78 is 17.3. The number of anilines is 1. The van der Waals surface area contributed by atoms with Crippen molar-refractivity contribution >= 4 is 24.1 Å². The van der Waals surface area contributed by atoms with E-state index in [1.54, 1.807) is 25.1 Å². The summed E-state index contributed by atoms with van der Waals surface area (Å²) in [5.41, 5.74) is 0.323. The molecule has 0 saturated heterocycles. The number of amides is 1. The van der Waals surface area contributed by atoms with Gasteiger partial charge in [0.1, 0.15) is 0 Å². The van der Waals surface area contributed by atoms with Crippen molar-refractivity contribution in [3.05, 3.63) is 35.7 Å². The standard InChI is InChI=1S/C10H8FN3O2S/c1-6-13-14-10(16-6)12-9(15)7-3-2-4-8(5-7)17-11/h2-5H,1H3,(H,12,14,15). The first kappa shape index (κ1) is 11.6. The minimum atomic E-state index is -0.426. The molecule has 7 heteroatoms. The molecule has 0 atom stereocenters. The van der Waals surface area contributed by atoms with Crippen LogP contribution in [0.15, 0.2) is 33.6 Å². The number of carbonyl (C=O) groups excluding carboxylic acids is 1. The Labute approximate surface area is 101 Å². The Bertz CT molecular complexity index is 544. The van der Waals surface area contributed by atoms with E-state index in [1.165, 1.54) is 6.07 Å². The van der Waals surface area contributed by atoms with Crippen LogP contribution in [0, 0.1) is 6.92 Å². The average molecular weight is 253 g/mol. The second kappa shape index (κ2) is 4.96. The maximum Gasteiger partial charge on any atom is 0.322 e. The molecule has 1 amide bonds. The number of nitrogens with one attached hydrogen (secondary N) is 1. The number of rotatable bonds is 3. The fraction of sp³-hybridized carbons (Fsp3) is 0.100. The van der Waals surface area contributed by atoms with E-state index < -0.39 is 5.91 Å². The number of hydrogen-bond donors (Lipinski definition) is 1. The van der Waals surface area contributed by atoms with Crippen molar-refractivity contribution in [3.63, 3.8) is 0 Å². The number of aryl methyl sites for hydroxylation is 1. The lowest BCUT2D eigenvalue weighted by molar-refractivity contribution is 0.102. The molecular formula is C10H8FN3O2S. The number of hydrogen-bond acceptors (Lipinski definition) is 5. The van der Waals surface area contributed by atoms with E-state index in [4.69, 9.17) is 4.42 Å². The SMILES string of the molecule is Cc1nnc(NC(=O)c2cccc(SF)c2)o1. The predicted octanol–water partition coefficient (Wildman–Crippen LogP) is 2.61. The summed E-state index contributed by atoms with van der Waals surface area (Å²) in [5.74, 6) is -0.0714. The van der Waals surface area contributed by atoms with Gasteiger partial charge >= 0.3 is 6.01 Å². The first-order valence-corrected chi connectivity index (χ1v) is 5.41. The average Bonchev–Trinajstić information content (AvgIpc) is 2.75. The van der Waals surface area contributed by atoms with Gasteiger partial charge in [0.05, 0.1) is 12.1 Å². The second-order valence-electron chi connectivity index (χ2n) is 3.19. The van der Waals surface area contributed by atoms with Crippen molar-refractivity contribution in [1.82, 2.24) is 10.2 Å². The molecule has 2 aromatic rings. The van der Waals surface area contributed by atoms with Gasteiger partial charge in [-0.25, -0.2) is 0 Å². The molecule has 0 fully saturated rings. The molecule has 17 heavy (non-hydrogen) atoms. The fourth-order valence-electron chi connectivity index (χ4n) is 1.20. The molecule has 1 N–H and O–H groups in total. The monoisotopic (exact) mass is 253 g/mol. The zero-order valence-electron chi connectivity index (χ0n) is 8.81. The molecular weight excluding hydrogens is 245 g/mol. The Hall–Kier alpha value is -1.89. The smallest absolute Gasteiger partial charge is 0.322 e. The lowest BCUT2D eigenvalue weighted by atomic mass is 10.2. The molecule has 1 aromatic carbocycles. The summed E-state index contributed by atoms with van der Waals surface area (Å²) >= 11 is 0.0794. The number of benzene rings is 1.